The molecule has 0 atom stereocenters. The number of nitrogens with one attached hydrogen (secondary N) is 1. The first-order chi connectivity index (χ1) is 15.0. The lowest BCUT2D eigenvalue weighted by Crippen LogP contribution is -2.21. The second kappa shape index (κ2) is 7.88. The van der Waals surface area contributed by atoms with E-state index in [1.165, 1.54) is 22.7 Å². The molecule has 3 aromatic heterocycles. The van der Waals surface area contributed by atoms with E-state index < -0.39 is 9.84 Å². The van der Waals surface area contributed by atoms with Gasteiger partial charge in [-0.15, -0.1) is 22.7 Å². The van der Waals surface area contributed by atoms with Crippen molar-refractivity contribution in [3.8, 4) is 0 Å². The maximum absolute atomic E-state index is 13.1. The van der Waals surface area contributed by atoms with Crippen LogP contribution in [0.1, 0.15) is 15.2 Å². The van der Waals surface area contributed by atoms with E-state index in [9.17, 15) is 13.2 Å². The Kier molecular flexibility index (Phi) is 5.05. The van der Waals surface area contributed by atoms with Crippen molar-refractivity contribution in [2.75, 3.05) is 0 Å². The molecule has 0 unspecified atom stereocenters. The van der Waals surface area contributed by atoms with Crippen LogP contribution >= 0.6 is 22.7 Å². The lowest BCUT2D eigenvalue weighted by Gasteiger charge is -2.08. The molecule has 0 radical (unpaired) electrons. The largest absolute Gasteiger partial charge is 0.347 e. The zero-order valence-electron chi connectivity index (χ0n) is 16.1. The monoisotopic (exact) mass is 464 g/mol. The number of carbonyl (C=O) groups excluding carboxylic acids is 1. The highest BCUT2D eigenvalue weighted by Gasteiger charge is 2.21. The standard InChI is InChI=1S/C23H16N2O3S3/c26-23(19-12-17-8-10-24-14-20(17)30-19)25-13-15-4-6-18(7-5-15)31(27,28)21-3-1-2-16-9-11-29-22(16)21/h1-12,14H,13H2,(H,25,26). The highest BCUT2D eigenvalue weighted by atomic mass is 32.2. The van der Waals surface area contributed by atoms with Gasteiger partial charge in [0.25, 0.3) is 5.91 Å². The van der Waals surface area contributed by atoms with E-state index in [1.807, 2.05) is 29.6 Å². The third-order valence-electron chi connectivity index (χ3n) is 4.97. The average Bonchev–Trinajstić information content (AvgIpc) is 3.44. The lowest BCUT2D eigenvalue weighted by atomic mass is 10.2. The van der Waals surface area contributed by atoms with Crippen molar-refractivity contribution in [1.82, 2.24) is 10.3 Å². The predicted octanol–water partition coefficient (Wildman–Crippen LogP) is 5.27. The second-order valence-electron chi connectivity index (χ2n) is 6.95. The van der Waals surface area contributed by atoms with E-state index in [4.69, 9.17) is 0 Å². The third-order valence-corrected chi connectivity index (χ3v) is 8.95. The summed E-state index contributed by atoms with van der Waals surface area (Å²) in [5.41, 5.74) is 0.824. The molecule has 0 saturated carbocycles. The van der Waals surface area contributed by atoms with Crippen molar-refractivity contribution in [2.45, 2.75) is 16.3 Å². The number of carbonyl (C=O) groups is 1. The molecule has 3 heterocycles. The topological polar surface area (TPSA) is 76.1 Å². The summed E-state index contributed by atoms with van der Waals surface area (Å²) in [6.07, 6.45) is 3.44. The van der Waals surface area contributed by atoms with Crippen molar-refractivity contribution in [2.24, 2.45) is 0 Å². The van der Waals surface area contributed by atoms with Crippen LogP contribution in [0.4, 0.5) is 0 Å². The Bertz CT molecular complexity index is 1480. The molecular formula is C23H16N2O3S3. The molecule has 5 rings (SSSR count). The van der Waals surface area contributed by atoms with Gasteiger partial charge in [-0.1, -0.05) is 24.3 Å². The minimum Gasteiger partial charge on any atom is -0.347 e. The number of amides is 1. The number of rotatable bonds is 5. The van der Waals surface area contributed by atoms with E-state index in [2.05, 4.69) is 10.3 Å². The number of sulfone groups is 1. The predicted molar refractivity (Wildman–Crippen MR) is 125 cm³/mol. The van der Waals surface area contributed by atoms with E-state index in [-0.39, 0.29) is 10.8 Å². The van der Waals surface area contributed by atoms with Gasteiger partial charge in [0.1, 0.15) is 0 Å². The van der Waals surface area contributed by atoms with Crippen LogP contribution < -0.4 is 5.32 Å². The molecular weight excluding hydrogens is 448 g/mol. The van der Waals surface area contributed by atoms with Crippen molar-refractivity contribution in [3.05, 3.63) is 88.9 Å². The highest BCUT2D eigenvalue weighted by molar-refractivity contribution is 7.92. The first kappa shape index (κ1) is 19.9. The molecule has 1 amide bonds. The van der Waals surface area contributed by atoms with Gasteiger partial charge in [0.05, 0.1) is 24.1 Å². The van der Waals surface area contributed by atoms with Crippen LogP contribution in [-0.2, 0) is 16.4 Å². The fourth-order valence-electron chi connectivity index (χ4n) is 3.36. The molecule has 0 aliphatic carbocycles. The molecule has 0 spiro atoms. The Morgan fingerprint density at radius 3 is 2.65 bits per heavy atom. The van der Waals surface area contributed by atoms with Gasteiger partial charge in [-0.05, 0) is 58.1 Å². The first-order valence-electron chi connectivity index (χ1n) is 9.44. The third kappa shape index (κ3) is 3.74. The van der Waals surface area contributed by atoms with Gasteiger partial charge >= 0.3 is 0 Å². The smallest absolute Gasteiger partial charge is 0.261 e. The van der Waals surface area contributed by atoms with Crippen molar-refractivity contribution in [3.63, 3.8) is 0 Å². The molecule has 5 aromatic rings. The summed E-state index contributed by atoms with van der Waals surface area (Å²) in [7, 11) is -3.62. The molecule has 31 heavy (non-hydrogen) atoms. The summed E-state index contributed by atoms with van der Waals surface area (Å²) in [4.78, 5) is 17.7. The number of hydrogen-bond acceptors (Lipinski definition) is 6. The molecule has 0 bridgehead atoms. The van der Waals surface area contributed by atoms with E-state index in [0.29, 0.717) is 16.3 Å². The highest BCUT2D eigenvalue weighted by Crippen LogP contribution is 2.32. The van der Waals surface area contributed by atoms with Crippen LogP contribution in [0.15, 0.2) is 88.2 Å². The number of pyridine rings is 1. The van der Waals surface area contributed by atoms with Gasteiger partial charge in [0.2, 0.25) is 9.84 Å². The van der Waals surface area contributed by atoms with E-state index in [1.54, 1.807) is 48.8 Å². The van der Waals surface area contributed by atoms with Gasteiger partial charge in [-0.2, -0.15) is 0 Å². The number of thiophene rings is 2. The molecule has 0 saturated heterocycles. The van der Waals surface area contributed by atoms with Crippen LogP contribution in [-0.4, -0.2) is 19.3 Å². The van der Waals surface area contributed by atoms with E-state index in [0.717, 1.165) is 25.7 Å². The number of fused-ring (bicyclic) bond motifs is 2. The Morgan fingerprint density at radius 2 is 1.84 bits per heavy atom. The lowest BCUT2D eigenvalue weighted by molar-refractivity contribution is 0.0955. The summed E-state index contributed by atoms with van der Waals surface area (Å²) in [5.74, 6) is -0.165. The van der Waals surface area contributed by atoms with Gasteiger partial charge in [-0.3, -0.25) is 9.78 Å². The average molecular weight is 465 g/mol. The van der Waals surface area contributed by atoms with Crippen LogP contribution in [0.3, 0.4) is 0 Å². The summed E-state index contributed by atoms with van der Waals surface area (Å²) >= 11 is 2.81. The molecule has 0 fully saturated rings. The van der Waals surface area contributed by atoms with Gasteiger partial charge in [-0.25, -0.2) is 8.42 Å². The molecule has 2 aromatic carbocycles. The molecule has 154 valence electrons. The van der Waals surface area contributed by atoms with Gasteiger partial charge in [0.15, 0.2) is 0 Å². The van der Waals surface area contributed by atoms with Crippen LogP contribution in [0.2, 0.25) is 0 Å². The van der Waals surface area contributed by atoms with Crippen LogP contribution in [0.5, 0.6) is 0 Å². The Balaban J connectivity index is 1.33. The minimum absolute atomic E-state index is 0.165. The number of nitrogens with zero attached hydrogens (tertiary/aromatic N) is 1. The second-order valence-corrected chi connectivity index (χ2v) is 10.9. The summed E-state index contributed by atoms with van der Waals surface area (Å²) in [5, 5.41) is 6.69. The zero-order chi connectivity index (χ0) is 21.4. The Morgan fingerprint density at radius 1 is 1.00 bits per heavy atom. The fourth-order valence-corrected chi connectivity index (χ4v) is 6.95. The van der Waals surface area contributed by atoms with Crippen LogP contribution in [0, 0.1) is 0 Å². The normalized spacial score (nSPS) is 11.7. The fraction of sp³-hybridized carbons (Fsp3) is 0.0435. The summed E-state index contributed by atoms with van der Waals surface area (Å²) in [6, 6.07) is 17.6. The van der Waals surface area contributed by atoms with Gasteiger partial charge < -0.3 is 5.32 Å². The molecule has 0 aliphatic rings. The maximum Gasteiger partial charge on any atom is 0.261 e. The quantitative estimate of drug-likeness (QED) is 0.384. The van der Waals surface area contributed by atoms with Crippen molar-refractivity contribution < 1.29 is 13.2 Å². The molecule has 5 nitrogen and oxygen atoms in total. The van der Waals surface area contributed by atoms with Crippen LogP contribution in [0.25, 0.3) is 20.2 Å². The number of hydrogen-bond donors (Lipinski definition) is 1. The minimum atomic E-state index is -3.62. The van der Waals surface area contributed by atoms with Crippen molar-refractivity contribution >= 4 is 58.6 Å². The Labute approximate surface area is 186 Å². The molecule has 8 heteroatoms. The SMILES string of the molecule is O=C(NCc1ccc(S(=O)(=O)c2cccc3ccsc23)cc1)c1cc2ccncc2s1. The van der Waals surface area contributed by atoms with Crippen molar-refractivity contribution in [1.29, 1.82) is 0 Å². The molecule has 0 aliphatic heterocycles. The Hall–Kier alpha value is -3.07. The zero-order valence-corrected chi connectivity index (χ0v) is 18.6. The maximum atomic E-state index is 13.1. The number of aromatic nitrogens is 1. The van der Waals surface area contributed by atoms with Gasteiger partial charge in [0, 0.05) is 18.9 Å². The van der Waals surface area contributed by atoms with E-state index >= 15 is 0 Å². The molecule has 1 N–H and O–H groups in total. The summed E-state index contributed by atoms with van der Waals surface area (Å²) < 4.78 is 28.0. The first-order valence-corrected chi connectivity index (χ1v) is 12.6. The number of benzene rings is 2. The summed E-state index contributed by atoms with van der Waals surface area (Å²) in [6.45, 7) is 0.312.